The maximum absolute atomic E-state index is 12.6. The molecule has 0 amide bonds. The quantitative estimate of drug-likeness (QED) is 0.760. The molecule has 0 radical (unpaired) electrons. The third-order valence-electron chi connectivity index (χ3n) is 3.55. The van der Waals surface area contributed by atoms with Gasteiger partial charge in [0.1, 0.15) is 5.70 Å². The van der Waals surface area contributed by atoms with Gasteiger partial charge < -0.3 is 15.2 Å². The molecule has 5 nitrogen and oxygen atoms in total. The normalized spacial score (nSPS) is 28.6. The second kappa shape index (κ2) is 7.28. The average molecular weight is 364 g/mol. The van der Waals surface area contributed by atoms with Gasteiger partial charge in [-0.05, 0) is 12.0 Å². The minimum absolute atomic E-state index is 0.150. The van der Waals surface area contributed by atoms with E-state index in [4.69, 9.17) is 15.2 Å². The first-order valence-corrected chi connectivity index (χ1v) is 8.24. The number of ketones is 1. The van der Waals surface area contributed by atoms with E-state index in [1.54, 1.807) is 13.8 Å². The Morgan fingerprint density at radius 3 is 2.75 bits per heavy atom. The van der Waals surface area contributed by atoms with Gasteiger partial charge in [-0.3, -0.25) is 4.79 Å². The van der Waals surface area contributed by atoms with Crippen LogP contribution in [0.4, 0.5) is 13.2 Å². The van der Waals surface area contributed by atoms with Crippen LogP contribution in [0.3, 0.4) is 0 Å². The SMILES string of the molecule is C=C(/N=C(\C=C(/N)C(F)(F)F)C(C)C)SC1CC(=O)C2OCC1O2. The van der Waals surface area contributed by atoms with E-state index in [1.165, 1.54) is 11.8 Å². The second-order valence-corrected chi connectivity index (χ2v) is 7.16. The number of Topliss-reactive ketones (excluding diaryl/α,β-unsaturated/α-hetero) is 1. The van der Waals surface area contributed by atoms with Crippen LogP contribution in [0.5, 0.6) is 0 Å². The fourth-order valence-electron chi connectivity index (χ4n) is 2.24. The Morgan fingerprint density at radius 1 is 1.50 bits per heavy atom. The number of thioether (sulfide) groups is 1. The third kappa shape index (κ3) is 4.61. The highest BCUT2D eigenvalue weighted by atomic mass is 32.2. The van der Waals surface area contributed by atoms with Gasteiger partial charge in [0.05, 0.1) is 17.7 Å². The van der Waals surface area contributed by atoms with Crippen LogP contribution in [-0.2, 0) is 14.3 Å². The lowest BCUT2D eigenvalue weighted by Gasteiger charge is -2.25. The molecule has 0 spiro atoms. The van der Waals surface area contributed by atoms with E-state index in [2.05, 4.69) is 11.6 Å². The predicted octanol–water partition coefficient (Wildman–Crippen LogP) is 2.78. The molecule has 0 saturated carbocycles. The number of carbonyl (C=O) groups is 1. The number of carbonyl (C=O) groups excluding carboxylic acids is 1. The Bertz CT molecular complexity index is 587. The largest absolute Gasteiger partial charge is 0.430 e. The highest BCUT2D eigenvalue weighted by molar-refractivity contribution is 8.03. The van der Waals surface area contributed by atoms with Crippen LogP contribution in [0.15, 0.2) is 28.4 Å². The lowest BCUT2D eigenvalue weighted by Crippen LogP contribution is -2.37. The molecule has 0 aromatic carbocycles. The van der Waals surface area contributed by atoms with Gasteiger partial charge in [0, 0.05) is 17.4 Å². The van der Waals surface area contributed by atoms with Crippen LogP contribution in [0.25, 0.3) is 0 Å². The summed E-state index contributed by atoms with van der Waals surface area (Å²) in [5, 5.41) is 0.0847. The molecule has 2 aliphatic rings. The van der Waals surface area contributed by atoms with Crippen molar-refractivity contribution in [1.29, 1.82) is 0 Å². The van der Waals surface area contributed by atoms with E-state index >= 15 is 0 Å². The Morgan fingerprint density at radius 2 is 2.17 bits per heavy atom. The number of ether oxygens (including phenoxy) is 2. The fourth-order valence-corrected chi connectivity index (χ4v) is 3.29. The fraction of sp³-hybridized carbons (Fsp3) is 0.600. The van der Waals surface area contributed by atoms with E-state index in [0.29, 0.717) is 11.6 Å². The Hall–Kier alpha value is -1.32. The van der Waals surface area contributed by atoms with E-state index in [9.17, 15) is 18.0 Å². The molecule has 2 heterocycles. The van der Waals surface area contributed by atoms with Gasteiger partial charge in [-0.1, -0.05) is 20.4 Å². The highest BCUT2D eigenvalue weighted by Crippen LogP contribution is 2.36. The first kappa shape index (κ1) is 19.0. The van der Waals surface area contributed by atoms with Crippen molar-refractivity contribution in [1.82, 2.24) is 0 Å². The molecule has 0 aromatic rings. The molecule has 2 aliphatic heterocycles. The molecule has 2 bridgehead atoms. The summed E-state index contributed by atoms with van der Waals surface area (Å²) in [5.41, 5.74) is 4.01. The van der Waals surface area contributed by atoms with Crippen molar-refractivity contribution in [3.8, 4) is 0 Å². The zero-order valence-corrected chi connectivity index (χ0v) is 14.1. The molecule has 2 N–H and O–H groups in total. The molecule has 0 aliphatic carbocycles. The number of alkyl halides is 3. The minimum atomic E-state index is -4.61. The number of nitrogens with two attached hydrogens (primary N) is 1. The standard InChI is InChI=1S/C15H19F3N2O3S/c1-7(2)9(4-13(19)15(16,17)18)20-8(3)24-12-5-10(21)14-22-6-11(12)23-14/h4,7,11-12,14H,3,5-6,19H2,1-2H3/b13-4-,20-9+. The van der Waals surface area contributed by atoms with Crippen molar-refractivity contribution in [2.45, 2.75) is 44.1 Å². The van der Waals surface area contributed by atoms with Crippen LogP contribution >= 0.6 is 11.8 Å². The number of halogens is 3. The maximum Gasteiger partial charge on any atom is 0.430 e. The van der Waals surface area contributed by atoms with Gasteiger partial charge in [-0.25, -0.2) is 4.99 Å². The number of aliphatic imine (C=N–C) groups is 1. The summed E-state index contributed by atoms with van der Waals surface area (Å²) < 4.78 is 48.4. The van der Waals surface area contributed by atoms with E-state index < -0.39 is 18.2 Å². The molecule has 9 heteroatoms. The number of nitrogens with zero attached hydrogens (tertiary/aromatic N) is 1. The lowest BCUT2D eigenvalue weighted by atomic mass is 10.1. The van der Waals surface area contributed by atoms with Gasteiger partial charge >= 0.3 is 6.18 Å². The first-order valence-electron chi connectivity index (χ1n) is 7.36. The van der Waals surface area contributed by atoms with E-state index in [1.807, 2.05) is 0 Å². The maximum atomic E-state index is 12.6. The van der Waals surface area contributed by atoms with Crippen LogP contribution in [0.1, 0.15) is 20.3 Å². The first-order chi connectivity index (χ1) is 11.1. The van der Waals surface area contributed by atoms with Crippen molar-refractivity contribution in [3.63, 3.8) is 0 Å². The van der Waals surface area contributed by atoms with Gasteiger partial charge in [-0.2, -0.15) is 13.2 Å². The van der Waals surface area contributed by atoms with Crippen molar-refractivity contribution in [3.05, 3.63) is 23.4 Å². The van der Waals surface area contributed by atoms with Crippen LogP contribution < -0.4 is 5.73 Å². The van der Waals surface area contributed by atoms with Crippen molar-refractivity contribution in [2.75, 3.05) is 6.61 Å². The molecule has 134 valence electrons. The zero-order chi connectivity index (χ0) is 18.1. The molecule has 2 saturated heterocycles. The van der Waals surface area contributed by atoms with E-state index in [-0.39, 0.29) is 35.2 Å². The monoisotopic (exact) mass is 364 g/mol. The van der Waals surface area contributed by atoms with Crippen molar-refractivity contribution < 1.29 is 27.4 Å². The Balaban J connectivity index is 2.09. The average Bonchev–Trinajstić information content (AvgIpc) is 2.88. The summed E-state index contributed by atoms with van der Waals surface area (Å²) >= 11 is 1.20. The van der Waals surface area contributed by atoms with Gasteiger partial charge in [0.25, 0.3) is 0 Å². The molecule has 2 rings (SSSR count). The summed E-state index contributed by atoms with van der Waals surface area (Å²) in [6.07, 6.45) is -4.57. The van der Waals surface area contributed by atoms with Crippen LogP contribution in [0, 0.1) is 5.92 Å². The number of hydrogen-bond donors (Lipinski definition) is 1. The molecule has 0 aromatic heterocycles. The molecule has 2 fully saturated rings. The minimum Gasteiger partial charge on any atom is -0.395 e. The summed E-state index contributed by atoms with van der Waals surface area (Å²) in [4.78, 5) is 15.9. The molecule has 3 unspecified atom stereocenters. The van der Waals surface area contributed by atoms with Gasteiger partial charge in [-0.15, -0.1) is 11.8 Å². The smallest absolute Gasteiger partial charge is 0.395 e. The van der Waals surface area contributed by atoms with E-state index in [0.717, 1.165) is 6.08 Å². The molecule has 3 atom stereocenters. The Kier molecular flexibility index (Phi) is 5.77. The molecular formula is C15H19F3N2O3S. The van der Waals surface area contributed by atoms with Crippen molar-refractivity contribution in [2.24, 2.45) is 16.6 Å². The highest BCUT2D eigenvalue weighted by Gasteiger charge is 2.43. The topological polar surface area (TPSA) is 73.9 Å². The van der Waals surface area contributed by atoms with Crippen LogP contribution in [-0.4, -0.2) is 41.9 Å². The Labute approximate surface area is 142 Å². The molecular weight excluding hydrogens is 345 g/mol. The lowest BCUT2D eigenvalue weighted by molar-refractivity contribution is -0.151. The third-order valence-corrected chi connectivity index (χ3v) is 4.69. The number of rotatable bonds is 5. The van der Waals surface area contributed by atoms with Gasteiger partial charge in [0.2, 0.25) is 6.29 Å². The summed E-state index contributed by atoms with van der Waals surface area (Å²) in [6.45, 7) is 7.49. The number of hydrogen-bond acceptors (Lipinski definition) is 6. The second-order valence-electron chi connectivity index (χ2n) is 5.85. The molecule has 24 heavy (non-hydrogen) atoms. The summed E-state index contributed by atoms with van der Waals surface area (Å²) in [5.74, 6) is -0.421. The zero-order valence-electron chi connectivity index (χ0n) is 13.3. The van der Waals surface area contributed by atoms with Crippen LogP contribution in [0.2, 0.25) is 0 Å². The number of fused-ring (bicyclic) bond motifs is 2. The summed E-state index contributed by atoms with van der Waals surface area (Å²) in [6, 6.07) is 0. The number of allylic oxidation sites excluding steroid dienone is 2. The van der Waals surface area contributed by atoms with Crippen molar-refractivity contribution >= 4 is 23.3 Å². The van der Waals surface area contributed by atoms with Gasteiger partial charge in [0.15, 0.2) is 5.78 Å². The summed E-state index contributed by atoms with van der Waals surface area (Å²) in [7, 11) is 0. The predicted molar refractivity (Wildman–Crippen MR) is 85.4 cm³/mol.